The van der Waals surface area contributed by atoms with Gasteiger partial charge in [-0.15, -0.1) is 0 Å². The monoisotopic (exact) mass is 447 g/mol. The lowest BCUT2D eigenvalue weighted by atomic mass is 10.0. The van der Waals surface area contributed by atoms with Gasteiger partial charge in [-0.25, -0.2) is 0 Å². The second-order valence-corrected chi connectivity index (χ2v) is 8.58. The molecule has 2 aliphatic heterocycles. The molecular weight excluding hydrogens is 414 g/mol. The Morgan fingerprint density at radius 1 is 0.788 bits per heavy atom. The molecule has 2 amide bonds. The molecule has 2 heterocycles. The van der Waals surface area contributed by atoms with Gasteiger partial charge in [-0.05, 0) is 36.2 Å². The summed E-state index contributed by atoms with van der Waals surface area (Å²) in [6, 6.07) is 17.8. The Morgan fingerprint density at radius 3 is 2.09 bits per heavy atom. The van der Waals surface area contributed by atoms with Crippen LogP contribution in [0.5, 0.6) is 5.75 Å². The average molecular weight is 448 g/mol. The Hall–Kier alpha value is -3.28. The molecule has 2 aliphatic rings. The van der Waals surface area contributed by atoms with Crippen molar-refractivity contribution < 1.29 is 14.3 Å². The molecule has 0 saturated carbocycles. The van der Waals surface area contributed by atoms with Crippen LogP contribution >= 0.6 is 0 Å². The predicted molar refractivity (Wildman–Crippen MR) is 131 cm³/mol. The number of hydrogen-bond donors (Lipinski definition) is 0. The molecule has 6 heteroatoms. The van der Waals surface area contributed by atoms with Crippen LogP contribution in [0.3, 0.4) is 0 Å². The smallest absolute Gasteiger partial charge is 0.277 e. The zero-order chi connectivity index (χ0) is 23.2. The van der Waals surface area contributed by atoms with E-state index in [1.54, 1.807) is 7.11 Å². The number of anilines is 1. The van der Waals surface area contributed by atoms with Crippen molar-refractivity contribution in [2.24, 2.45) is 0 Å². The number of ether oxygens (including phenoxy) is 1. The molecule has 0 unspecified atom stereocenters. The third-order valence-corrected chi connectivity index (χ3v) is 6.47. The summed E-state index contributed by atoms with van der Waals surface area (Å²) in [7, 11) is 1.62. The highest BCUT2D eigenvalue weighted by molar-refractivity contribution is 6.35. The number of carbonyl (C=O) groups excluding carboxylic acids is 2. The van der Waals surface area contributed by atoms with Crippen molar-refractivity contribution in [2.45, 2.75) is 32.6 Å². The molecule has 0 aromatic heterocycles. The Kier molecular flexibility index (Phi) is 7.33. The molecule has 0 N–H and O–H groups in total. The molecule has 2 aromatic carbocycles. The van der Waals surface area contributed by atoms with Gasteiger partial charge in [0.1, 0.15) is 11.4 Å². The van der Waals surface area contributed by atoms with Crippen LogP contribution < -0.4 is 9.64 Å². The molecule has 0 radical (unpaired) electrons. The maximum atomic E-state index is 13.5. The molecule has 6 nitrogen and oxygen atoms in total. The minimum atomic E-state index is -0.179. The molecule has 0 spiro atoms. The van der Waals surface area contributed by atoms with Gasteiger partial charge in [-0.3, -0.25) is 14.5 Å². The van der Waals surface area contributed by atoms with Crippen molar-refractivity contribution in [3.63, 3.8) is 0 Å². The van der Waals surface area contributed by atoms with E-state index < -0.39 is 0 Å². The van der Waals surface area contributed by atoms with Crippen molar-refractivity contribution in [3.8, 4) is 5.75 Å². The first-order valence-corrected chi connectivity index (χ1v) is 11.9. The van der Waals surface area contributed by atoms with Gasteiger partial charge in [0.15, 0.2) is 0 Å². The number of nitrogens with zero attached hydrogens (tertiary/aromatic N) is 3. The lowest BCUT2D eigenvalue weighted by Crippen LogP contribution is -2.47. The maximum Gasteiger partial charge on any atom is 0.277 e. The second-order valence-electron chi connectivity index (χ2n) is 8.58. The van der Waals surface area contributed by atoms with Crippen molar-refractivity contribution in [1.29, 1.82) is 0 Å². The van der Waals surface area contributed by atoms with E-state index in [4.69, 9.17) is 4.74 Å². The minimum absolute atomic E-state index is 0.157. The predicted octanol–water partition coefficient (Wildman–Crippen LogP) is 4.18. The van der Waals surface area contributed by atoms with Crippen molar-refractivity contribution in [1.82, 2.24) is 9.80 Å². The Morgan fingerprint density at radius 2 is 1.45 bits per heavy atom. The normalized spacial score (nSPS) is 16.7. The fraction of sp³-hybridized carbons (Fsp3) is 0.407. The second kappa shape index (κ2) is 10.6. The van der Waals surface area contributed by atoms with Crippen LogP contribution in [0.25, 0.3) is 5.57 Å². The van der Waals surface area contributed by atoms with Gasteiger partial charge in [-0.1, -0.05) is 56.5 Å². The van der Waals surface area contributed by atoms with E-state index >= 15 is 0 Å². The maximum absolute atomic E-state index is 13.5. The first-order valence-electron chi connectivity index (χ1n) is 11.9. The van der Waals surface area contributed by atoms with Crippen LogP contribution in [0.2, 0.25) is 0 Å². The van der Waals surface area contributed by atoms with E-state index in [1.165, 1.54) is 10.6 Å². The number of carbonyl (C=O) groups is 2. The highest BCUT2D eigenvalue weighted by atomic mass is 16.5. The van der Waals surface area contributed by atoms with Crippen molar-refractivity contribution in [2.75, 3.05) is 44.7 Å². The SMILES string of the molecule is CCCCCCN1C(=O)C(c2ccc(OC)cc2)=C(N2CCN(c3ccccc3)CC2)C1=O. The van der Waals surface area contributed by atoms with E-state index in [1.807, 2.05) is 42.5 Å². The van der Waals surface area contributed by atoms with E-state index in [-0.39, 0.29) is 11.8 Å². The molecular formula is C27H33N3O3. The number of para-hydroxylation sites is 1. The molecule has 174 valence electrons. The van der Waals surface area contributed by atoms with Gasteiger partial charge in [0.05, 0.1) is 12.7 Å². The highest BCUT2D eigenvalue weighted by Gasteiger charge is 2.41. The fourth-order valence-corrected chi connectivity index (χ4v) is 4.60. The highest BCUT2D eigenvalue weighted by Crippen LogP contribution is 2.33. The number of hydrogen-bond acceptors (Lipinski definition) is 5. The summed E-state index contributed by atoms with van der Waals surface area (Å²) < 4.78 is 5.28. The van der Waals surface area contributed by atoms with Crippen molar-refractivity contribution in [3.05, 3.63) is 65.9 Å². The Balaban J connectivity index is 1.58. The molecule has 1 saturated heterocycles. The van der Waals surface area contributed by atoms with Crippen LogP contribution in [0, 0.1) is 0 Å². The van der Waals surface area contributed by atoms with Crippen LogP contribution in [-0.2, 0) is 9.59 Å². The zero-order valence-corrected chi connectivity index (χ0v) is 19.6. The summed E-state index contributed by atoms with van der Waals surface area (Å²) in [4.78, 5) is 32.8. The van der Waals surface area contributed by atoms with E-state index in [9.17, 15) is 9.59 Å². The van der Waals surface area contributed by atoms with Crippen LogP contribution in [0.4, 0.5) is 5.69 Å². The van der Waals surface area contributed by atoms with Gasteiger partial charge in [0, 0.05) is 38.4 Å². The molecule has 0 atom stereocenters. The third kappa shape index (κ3) is 4.90. The third-order valence-electron chi connectivity index (χ3n) is 6.47. The summed E-state index contributed by atoms with van der Waals surface area (Å²) in [5, 5.41) is 0. The quantitative estimate of drug-likeness (QED) is 0.426. The molecule has 4 rings (SSSR count). The first kappa shape index (κ1) is 22.9. The Bertz CT molecular complexity index is 993. The lowest BCUT2D eigenvalue weighted by Gasteiger charge is -2.37. The number of imide groups is 1. The van der Waals surface area contributed by atoms with Gasteiger partial charge in [0.25, 0.3) is 11.8 Å². The standard InChI is InChI=1S/C27H33N3O3/c1-3-4-5-9-16-30-26(31)24(21-12-14-23(33-2)15-13-21)25(27(30)32)29-19-17-28(18-20-29)22-10-7-6-8-11-22/h6-8,10-15H,3-5,9,16-20H2,1-2H3. The Labute approximate surface area is 196 Å². The van der Waals surface area contributed by atoms with Gasteiger partial charge >= 0.3 is 0 Å². The number of piperazine rings is 1. The number of amides is 2. The largest absolute Gasteiger partial charge is 0.497 e. The lowest BCUT2D eigenvalue weighted by molar-refractivity contribution is -0.137. The fourth-order valence-electron chi connectivity index (χ4n) is 4.60. The van der Waals surface area contributed by atoms with E-state index in [2.05, 4.69) is 28.9 Å². The number of benzene rings is 2. The van der Waals surface area contributed by atoms with Gasteiger partial charge < -0.3 is 14.5 Å². The van der Waals surface area contributed by atoms with E-state index in [0.29, 0.717) is 30.9 Å². The average Bonchev–Trinajstić information content (AvgIpc) is 3.12. The number of methoxy groups -OCH3 is 1. The molecule has 33 heavy (non-hydrogen) atoms. The van der Waals surface area contributed by atoms with Crippen LogP contribution in [0.1, 0.15) is 38.2 Å². The van der Waals surface area contributed by atoms with Crippen LogP contribution in [0.15, 0.2) is 60.3 Å². The summed E-state index contributed by atoms with van der Waals surface area (Å²) in [5.74, 6) is 0.392. The zero-order valence-electron chi connectivity index (χ0n) is 19.6. The van der Waals surface area contributed by atoms with Gasteiger partial charge in [-0.2, -0.15) is 0 Å². The summed E-state index contributed by atoms with van der Waals surface area (Å²) in [6.45, 7) is 5.65. The van der Waals surface area contributed by atoms with Crippen molar-refractivity contribution >= 4 is 23.1 Å². The topological polar surface area (TPSA) is 53.1 Å². The molecule has 0 bridgehead atoms. The molecule has 2 aromatic rings. The molecule has 0 aliphatic carbocycles. The summed E-state index contributed by atoms with van der Waals surface area (Å²) in [6.07, 6.45) is 4.10. The number of unbranched alkanes of at least 4 members (excludes halogenated alkanes) is 3. The van der Waals surface area contributed by atoms with Crippen LogP contribution in [-0.4, -0.2) is 61.4 Å². The minimum Gasteiger partial charge on any atom is -0.497 e. The summed E-state index contributed by atoms with van der Waals surface area (Å²) in [5.41, 5.74) is 3.03. The molecule has 1 fully saturated rings. The van der Waals surface area contributed by atoms with Gasteiger partial charge in [0.2, 0.25) is 0 Å². The van der Waals surface area contributed by atoms with E-state index in [0.717, 1.165) is 50.1 Å². The first-order chi connectivity index (χ1) is 16.1. The summed E-state index contributed by atoms with van der Waals surface area (Å²) >= 11 is 0. The number of rotatable bonds is 9.